The topological polar surface area (TPSA) is 117 Å². The summed E-state index contributed by atoms with van der Waals surface area (Å²) in [4.78, 5) is 52.5. The van der Waals surface area contributed by atoms with Gasteiger partial charge in [0.25, 0.3) is 12.0 Å². The molecular weight excluding hydrogens is 483 g/mol. The molecule has 0 aliphatic rings. The summed E-state index contributed by atoms with van der Waals surface area (Å²) in [7, 11) is 1.19. The first-order chi connectivity index (χ1) is 17.1. The normalized spacial score (nSPS) is 11.9. The van der Waals surface area contributed by atoms with E-state index >= 15 is 0 Å². The number of ether oxygens (including phenoxy) is 2. The molecule has 0 bridgehead atoms. The van der Waals surface area contributed by atoms with Crippen molar-refractivity contribution in [1.29, 1.82) is 0 Å². The van der Waals surface area contributed by atoms with E-state index in [4.69, 9.17) is 4.74 Å². The highest BCUT2D eigenvalue weighted by molar-refractivity contribution is 6.00. The summed E-state index contributed by atoms with van der Waals surface area (Å²) in [5.41, 5.74) is -1.39. The highest BCUT2D eigenvalue weighted by atomic mass is 19.4. The molecule has 1 N–H and O–H groups in total. The van der Waals surface area contributed by atoms with Crippen LogP contribution in [0.15, 0.2) is 59.8 Å². The Morgan fingerprint density at radius 1 is 1.17 bits per heavy atom. The van der Waals surface area contributed by atoms with Gasteiger partial charge in [-0.05, 0) is 36.2 Å². The number of carbonyl (C=O) groups is 3. The standard InChI is InChI=1S/C24H20F3N3O6/c1-14-16(4-3-5-19(14)24(25,26)27)11-30-12-28-10-18(22(30)33)20(32)21(36-13-31)15-6-8-17(9-7-15)29-23(34)35-2/h3-10,12-13,21H,11H2,1-2H3,(H,29,34). The van der Waals surface area contributed by atoms with Crippen molar-refractivity contribution < 1.29 is 37.0 Å². The second-order valence-electron chi connectivity index (χ2n) is 7.54. The maximum absolute atomic E-state index is 13.2. The van der Waals surface area contributed by atoms with Gasteiger partial charge in [-0.15, -0.1) is 0 Å². The zero-order valence-corrected chi connectivity index (χ0v) is 19.0. The van der Waals surface area contributed by atoms with E-state index in [0.29, 0.717) is 5.69 Å². The molecule has 0 spiro atoms. The summed E-state index contributed by atoms with van der Waals surface area (Å²) in [6, 6.07) is 9.26. The number of nitrogens with one attached hydrogen (secondary N) is 1. The van der Waals surface area contributed by atoms with E-state index in [9.17, 15) is 32.3 Å². The largest absolute Gasteiger partial charge is 0.453 e. The number of hydrogen-bond acceptors (Lipinski definition) is 7. The maximum Gasteiger partial charge on any atom is 0.416 e. The van der Waals surface area contributed by atoms with E-state index in [1.807, 2.05) is 0 Å². The molecule has 0 saturated heterocycles. The molecule has 0 fully saturated rings. The van der Waals surface area contributed by atoms with Crippen LogP contribution in [0.3, 0.4) is 0 Å². The quantitative estimate of drug-likeness (QED) is 0.366. The Bertz CT molecular complexity index is 1340. The number of Topliss-reactive ketones (excluding diaryl/α,β-unsaturated/α-hetero) is 1. The van der Waals surface area contributed by atoms with Gasteiger partial charge in [0.15, 0.2) is 6.10 Å². The lowest BCUT2D eigenvalue weighted by atomic mass is 10.0. The summed E-state index contributed by atoms with van der Waals surface area (Å²) in [5.74, 6) is -0.886. The molecule has 3 rings (SSSR count). The van der Waals surface area contributed by atoms with Crippen molar-refractivity contribution in [2.45, 2.75) is 25.7 Å². The fourth-order valence-electron chi connectivity index (χ4n) is 3.48. The van der Waals surface area contributed by atoms with Crippen molar-refractivity contribution in [3.63, 3.8) is 0 Å². The van der Waals surface area contributed by atoms with Crippen LogP contribution >= 0.6 is 0 Å². The predicted molar refractivity (Wildman–Crippen MR) is 120 cm³/mol. The average molecular weight is 503 g/mol. The second kappa shape index (κ2) is 10.8. The number of carbonyl (C=O) groups excluding carboxylic acids is 3. The Morgan fingerprint density at radius 2 is 1.86 bits per heavy atom. The van der Waals surface area contributed by atoms with Crippen LogP contribution in [-0.2, 0) is 27.0 Å². The smallest absolute Gasteiger partial charge is 0.416 e. The lowest BCUT2D eigenvalue weighted by Crippen LogP contribution is -2.30. The molecular formula is C24H20F3N3O6. The molecule has 0 radical (unpaired) electrons. The zero-order chi connectivity index (χ0) is 26.5. The Kier molecular flexibility index (Phi) is 7.87. The van der Waals surface area contributed by atoms with Gasteiger partial charge in [-0.1, -0.05) is 24.3 Å². The molecule has 1 amide bonds. The van der Waals surface area contributed by atoms with Crippen molar-refractivity contribution in [3.8, 4) is 0 Å². The fraction of sp³-hybridized carbons (Fsp3) is 0.208. The van der Waals surface area contributed by atoms with E-state index in [-0.39, 0.29) is 29.7 Å². The first kappa shape index (κ1) is 26.1. The third-order valence-corrected chi connectivity index (χ3v) is 5.33. The van der Waals surface area contributed by atoms with Crippen LogP contribution in [-0.4, -0.2) is 35.0 Å². The second-order valence-corrected chi connectivity index (χ2v) is 7.54. The Morgan fingerprint density at radius 3 is 2.47 bits per heavy atom. The molecule has 0 saturated carbocycles. The Hall–Kier alpha value is -4.48. The number of amides is 1. The summed E-state index contributed by atoms with van der Waals surface area (Å²) in [5, 5.41) is 2.42. The van der Waals surface area contributed by atoms with Gasteiger partial charge in [0, 0.05) is 17.4 Å². The van der Waals surface area contributed by atoms with Gasteiger partial charge in [-0.2, -0.15) is 13.2 Å². The van der Waals surface area contributed by atoms with Crippen LogP contribution in [0.2, 0.25) is 0 Å². The minimum absolute atomic E-state index is 0.0457. The number of alkyl halides is 3. The maximum atomic E-state index is 13.2. The lowest BCUT2D eigenvalue weighted by molar-refractivity contribution is -0.138. The van der Waals surface area contributed by atoms with E-state index in [1.165, 1.54) is 50.4 Å². The van der Waals surface area contributed by atoms with Gasteiger partial charge < -0.3 is 9.47 Å². The van der Waals surface area contributed by atoms with Crippen molar-refractivity contribution in [3.05, 3.63) is 93.2 Å². The molecule has 1 aromatic heterocycles. The summed E-state index contributed by atoms with van der Waals surface area (Å²) < 4.78 is 50.2. The molecule has 0 aliphatic carbocycles. The van der Waals surface area contributed by atoms with Gasteiger partial charge in [-0.3, -0.25) is 24.3 Å². The van der Waals surface area contributed by atoms with E-state index in [1.54, 1.807) is 0 Å². The predicted octanol–water partition coefficient (Wildman–Crippen LogP) is 3.89. The number of methoxy groups -OCH3 is 1. The molecule has 9 nitrogen and oxygen atoms in total. The number of rotatable bonds is 8. The van der Waals surface area contributed by atoms with Gasteiger partial charge in [0.05, 0.1) is 25.5 Å². The van der Waals surface area contributed by atoms with Gasteiger partial charge in [-0.25, -0.2) is 9.78 Å². The number of aromatic nitrogens is 2. The molecule has 1 unspecified atom stereocenters. The van der Waals surface area contributed by atoms with Crippen molar-refractivity contribution in [2.24, 2.45) is 0 Å². The first-order valence-corrected chi connectivity index (χ1v) is 10.3. The molecule has 188 valence electrons. The van der Waals surface area contributed by atoms with Crippen LogP contribution in [0, 0.1) is 6.92 Å². The monoisotopic (exact) mass is 503 g/mol. The van der Waals surface area contributed by atoms with Crippen molar-refractivity contribution >= 4 is 24.0 Å². The summed E-state index contributed by atoms with van der Waals surface area (Å²) >= 11 is 0. The van der Waals surface area contributed by atoms with E-state index in [0.717, 1.165) is 23.2 Å². The minimum Gasteiger partial charge on any atom is -0.453 e. The van der Waals surface area contributed by atoms with Crippen LogP contribution in [0.5, 0.6) is 0 Å². The first-order valence-electron chi connectivity index (χ1n) is 10.3. The number of ketones is 1. The van der Waals surface area contributed by atoms with Crippen molar-refractivity contribution in [1.82, 2.24) is 9.55 Å². The molecule has 36 heavy (non-hydrogen) atoms. The fourth-order valence-corrected chi connectivity index (χ4v) is 3.48. The van der Waals surface area contributed by atoms with Crippen LogP contribution in [0.4, 0.5) is 23.7 Å². The molecule has 2 aromatic carbocycles. The highest BCUT2D eigenvalue weighted by Gasteiger charge is 2.33. The number of halogens is 3. The molecule has 1 atom stereocenters. The third-order valence-electron chi connectivity index (χ3n) is 5.33. The Balaban J connectivity index is 1.92. The van der Waals surface area contributed by atoms with Crippen LogP contribution < -0.4 is 10.9 Å². The van der Waals surface area contributed by atoms with Gasteiger partial charge in [0.1, 0.15) is 5.56 Å². The zero-order valence-electron chi connectivity index (χ0n) is 19.0. The summed E-state index contributed by atoms with van der Waals surface area (Å²) in [6.45, 7) is 1.07. The van der Waals surface area contributed by atoms with Crippen LogP contribution in [0.25, 0.3) is 0 Å². The molecule has 12 heteroatoms. The number of nitrogens with zero attached hydrogens (tertiary/aromatic N) is 2. The SMILES string of the molecule is COC(=O)Nc1ccc(C(OC=O)C(=O)c2cncn(Cc3cccc(C(F)(F)F)c3C)c2=O)cc1. The number of anilines is 1. The van der Waals surface area contributed by atoms with Crippen molar-refractivity contribution in [2.75, 3.05) is 12.4 Å². The Labute approximate surface area is 202 Å². The van der Waals surface area contributed by atoms with E-state index < -0.39 is 40.8 Å². The highest BCUT2D eigenvalue weighted by Crippen LogP contribution is 2.33. The lowest BCUT2D eigenvalue weighted by Gasteiger charge is -2.16. The van der Waals surface area contributed by atoms with E-state index in [2.05, 4.69) is 15.0 Å². The molecule has 1 heterocycles. The summed E-state index contributed by atoms with van der Waals surface area (Å²) in [6.07, 6.45) is -4.69. The third kappa shape index (κ3) is 5.77. The minimum atomic E-state index is -4.57. The number of hydrogen-bond donors (Lipinski definition) is 1. The average Bonchev–Trinajstić information content (AvgIpc) is 2.84. The van der Waals surface area contributed by atoms with Crippen LogP contribution in [0.1, 0.15) is 38.7 Å². The number of benzene rings is 2. The molecule has 3 aromatic rings. The van der Waals surface area contributed by atoms with Gasteiger partial charge >= 0.3 is 12.3 Å². The molecule has 0 aliphatic heterocycles. The van der Waals surface area contributed by atoms with Gasteiger partial charge in [0.2, 0.25) is 5.78 Å².